The lowest BCUT2D eigenvalue weighted by molar-refractivity contribution is 0.256. The Labute approximate surface area is 76.9 Å². The van der Waals surface area contributed by atoms with Gasteiger partial charge < -0.3 is 5.32 Å². The summed E-state index contributed by atoms with van der Waals surface area (Å²) in [5.74, 6) is 1.78. The van der Waals surface area contributed by atoms with Crippen LogP contribution >= 0.6 is 0 Å². The Hall–Kier alpha value is -0.0400. The molecule has 1 fully saturated rings. The highest BCUT2D eigenvalue weighted by Crippen LogP contribution is 2.21. The van der Waals surface area contributed by atoms with E-state index in [9.17, 15) is 0 Å². The monoisotopic (exact) mass is 169 g/mol. The van der Waals surface area contributed by atoms with E-state index >= 15 is 0 Å². The predicted octanol–water partition coefficient (Wildman–Crippen LogP) is 2.81. The van der Waals surface area contributed by atoms with Gasteiger partial charge in [-0.25, -0.2) is 0 Å². The van der Waals surface area contributed by atoms with Crippen molar-refractivity contribution < 1.29 is 0 Å². The van der Waals surface area contributed by atoms with Crippen molar-refractivity contribution >= 4 is 0 Å². The molecule has 0 aliphatic carbocycles. The Morgan fingerprint density at radius 1 is 1.42 bits per heavy atom. The van der Waals surface area contributed by atoms with Crippen LogP contribution in [0.2, 0.25) is 0 Å². The Kier molecular flexibility index (Phi) is 4.07. The number of nitrogens with one attached hydrogen (secondary N) is 1. The van der Waals surface area contributed by atoms with Crippen LogP contribution in [0.5, 0.6) is 0 Å². The summed E-state index contributed by atoms with van der Waals surface area (Å²) in [5, 5.41) is 3.65. The molecule has 1 aliphatic heterocycles. The fourth-order valence-electron chi connectivity index (χ4n) is 2.16. The third kappa shape index (κ3) is 2.78. The Morgan fingerprint density at radius 2 is 2.17 bits per heavy atom. The summed E-state index contributed by atoms with van der Waals surface area (Å²) in [6.45, 7) is 8.24. The molecule has 0 amide bonds. The maximum Gasteiger partial charge on any atom is 0.00929 e. The maximum absolute atomic E-state index is 3.65. The number of hydrogen-bond acceptors (Lipinski definition) is 1. The summed E-state index contributed by atoms with van der Waals surface area (Å²) in [6, 6.07) is 0.807. The van der Waals surface area contributed by atoms with Crippen molar-refractivity contribution in [3.8, 4) is 0 Å². The molecule has 0 aromatic heterocycles. The molecular weight excluding hydrogens is 146 g/mol. The first-order valence-corrected chi connectivity index (χ1v) is 5.47. The quantitative estimate of drug-likeness (QED) is 0.685. The lowest BCUT2D eigenvalue weighted by Gasteiger charge is -2.32. The summed E-state index contributed by atoms with van der Waals surface area (Å²) in [6.07, 6.45) is 5.52. The van der Waals surface area contributed by atoms with E-state index in [1.54, 1.807) is 0 Å². The molecule has 0 radical (unpaired) electrons. The van der Waals surface area contributed by atoms with E-state index in [-0.39, 0.29) is 0 Å². The van der Waals surface area contributed by atoms with E-state index in [2.05, 4.69) is 26.1 Å². The van der Waals surface area contributed by atoms with Crippen molar-refractivity contribution in [2.75, 3.05) is 6.54 Å². The molecule has 0 aromatic rings. The summed E-state index contributed by atoms with van der Waals surface area (Å²) < 4.78 is 0. The van der Waals surface area contributed by atoms with Crippen molar-refractivity contribution in [3.05, 3.63) is 0 Å². The molecule has 1 saturated heterocycles. The summed E-state index contributed by atoms with van der Waals surface area (Å²) in [4.78, 5) is 0. The molecule has 1 aliphatic rings. The van der Waals surface area contributed by atoms with Gasteiger partial charge in [-0.2, -0.15) is 0 Å². The first-order chi connectivity index (χ1) is 5.74. The maximum atomic E-state index is 3.65. The number of hydrogen-bond donors (Lipinski definition) is 1. The lowest BCUT2D eigenvalue weighted by atomic mass is 9.87. The van der Waals surface area contributed by atoms with Crippen LogP contribution in [0.25, 0.3) is 0 Å². The van der Waals surface area contributed by atoms with Crippen molar-refractivity contribution in [2.24, 2.45) is 11.8 Å². The molecule has 0 aromatic carbocycles. The summed E-state index contributed by atoms with van der Waals surface area (Å²) in [7, 11) is 0. The first-order valence-electron chi connectivity index (χ1n) is 5.47. The lowest BCUT2D eigenvalue weighted by Crippen LogP contribution is -2.41. The normalized spacial score (nSPS) is 33.2. The molecule has 72 valence electrons. The van der Waals surface area contributed by atoms with Gasteiger partial charge >= 0.3 is 0 Å². The fraction of sp³-hybridized carbons (Fsp3) is 1.00. The molecule has 3 atom stereocenters. The highest BCUT2D eigenvalue weighted by molar-refractivity contribution is 4.79. The van der Waals surface area contributed by atoms with Gasteiger partial charge in [0.25, 0.3) is 0 Å². The van der Waals surface area contributed by atoms with Crippen molar-refractivity contribution in [2.45, 2.75) is 52.5 Å². The molecule has 0 bridgehead atoms. The average molecular weight is 169 g/mol. The smallest absolute Gasteiger partial charge is 0.00929 e. The van der Waals surface area contributed by atoms with Crippen molar-refractivity contribution in [1.29, 1.82) is 0 Å². The van der Waals surface area contributed by atoms with Crippen LogP contribution in [-0.4, -0.2) is 12.6 Å². The van der Waals surface area contributed by atoms with Crippen molar-refractivity contribution in [3.63, 3.8) is 0 Å². The number of rotatable bonds is 3. The molecule has 1 nitrogen and oxygen atoms in total. The van der Waals surface area contributed by atoms with Crippen LogP contribution in [0.4, 0.5) is 0 Å². The van der Waals surface area contributed by atoms with Gasteiger partial charge in [0.1, 0.15) is 0 Å². The van der Waals surface area contributed by atoms with Gasteiger partial charge in [0, 0.05) is 6.04 Å². The van der Waals surface area contributed by atoms with Gasteiger partial charge in [0.05, 0.1) is 0 Å². The van der Waals surface area contributed by atoms with Crippen LogP contribution in [0.3, 0.4) is 0 Å². The molecule has 1 rings (SSSR count). The second-order valence-corrected chi connectivity index (χ2v) is 4.46. The third-order valence-corrected chi connectivity index (χ3v) is 3.13. The summed E-state index contributed by atoms with van der Waals surface area (Å²) >= 11 is 0. The molecule has 0 saturated carbocycles. The fourth-order valence-corrected chi connectivity index (χ4v) is 2.16. The molecule has 0 spiro atoms. The van der Waals surface area contributed by atoms with E-state index in [0.29, 0.717) is 0 Å². The van der Waals surface area contributed by atoms with Crippen LogP contribution in [0.15, 0.2) is 0 Å². The van der Waals surface area contributed by atoms with E-state index in [4.69, 9.17) is 0 Å². The van der Waals surface area contributed by atoms with Crippen LogP contribution in [-0.2, 0) is 0 Å². The standard InChI is InChI=1S/C11H23N/c1-4-5-10(3)11-7-6-9(2)8-12-11/h9-12H,4-8H2,1-3H3. The van der Waals surface area contributed by atoms with Crippen molar-refractivity contribution in [1.82, 2.24) is 5.32 Å². The minimum absolute atomic E-state index is 0.807. The molecule has 1 heterocycles. The highest BCUT2D eigenvalue weighted by atomic mass is 14.9. The molecule has 12 heavy (non-hydrogen) atoms. The van der Waals surface area contributed by atoms with Crippen LogP contribution < -0.4 is 5.32 Å². The second kappa shape index (κ2) is 4.86. The Morgan fingerprint density at radius 3 is 2.67 bits per heavy atom. The highest BCUT2D eigenvalue weighted by Gasteiger charge is 2.21. The first kappa shape index (κ1) is 10.0. The van der Waals surface area contributed by atoms with E-state index in [1.165, 1.54) is 32.2 Å². The van der Waals surface area contributed by atoms with Crippen LogP contribution in [0, 0.1) is 11.8 Å². The minimum Gasteiger partial charge on any atom is -0.313 e. The molecule has 1 heteroatoms. The van der Waals surface area contributed by atoms with E-state index in [1.807, 2.05) is 0 Å². The largest absolute Gasteiger partial charge is 0.313 e. The van der Waals surface area contributed by atoms with Gasteiger partial charge in [-0.15, -0.1) is 0 Å². The van der Waals surface area contributed by atoms with Gasteiger partial charge in [0.15, 0.2) is 0 Å². The zero-order valence-corrected chi connectivity index (χ0v) is 8.77. The van der Waals surface area contributed by atoms with Gasteiger partial charge in [-0.1, -0.05) is 27.2 Å². The Balaban J connectivity index is 2.24. The molecule has 3 unspecified atom stereocenters. The second-order valence-electron chi connectivity index (χ2n) is 4.46. The predicted molar refractivity (Wildman–Crippen MR) is 54.3 cm³/mol. The molecular formula is C11H23N. The van der Waals surface area contributed by atoms with Gasteiger partial charge in [-0.3, -0.25) is 0 Å². The molecule has 1 N–H and O–H groups in total. The van der Waals surface area contributed by atoms with Gasteiger partial charge in [0.2, 0.25) is 0 Å². The minimum atomic E-state index is 0.807. The van der Waals surface area contributed by atoms with Gasteiger partial charge in [-0.05, 0) is 37.6 Å². The zero-order valence-electron chi connectivity index (χ0n) is 8.77. The SMILES string of the molecule is CCCC(C)C1CCC(C)CN1. The van der Waals surface area contributed by atoms with E-state index in [0.717, 1.165) is 17.9 Å². The average Bonchev–Trinajstić information content (AvgIpc) is 2.06. The Bertz CT molecular complexity index is 114. The van der Waals surface area contributed by atoms with Crippen LogP contribution in [0.1, 0.15) is 46.5 Å². The summed E-state index contributed by atoms with van der Waals surface area (Å²) in [5.41, 5.74) is 0. The topological polar surface area (TPSA) is 12.0 Å². The third-order valence-electron chi connectivity index (χ3n) is 3.13. The zero-order chi connectivity index (χ0) is 8.97. The number of piperidine rings is 1. The van der Waals surface area contributed by atoms with E-state index < -0.39 is 0 Å².